The number of benzene rings is 2. The number of nitrogens with two attached hydrogens (primary N) is 1. The highest BCUT2D eigenvalue weighted by Crippen LogP contribution is 2.28. The topological polar surface area (TPSA) is 93.4 Å². The summed E-state index contributed by atoms with van der Waals surface area (Å²) in [6, 6.07) is 15.1. The summed E-state index contributed by atoms with van der Waals surface area (Å²) < 4.78 is 5.33. The molecular formula is C21H23N5O2S. The summed E-state index contributed by atoms with van der Waals surface area (Å²) in [7, 11) is 0. The van der Waals surface area contributed by atoms with E-state index in [-0.39, 0.29) is 5.91 Å². The van der Waals surface area contributed by atoms with Crippen molar-refractivity contribution in [2.24, 2.45) is 0 Å². The van der Waals surface area contributed by atoms with Crippen LogP contribution < -0.4 is 11.1 Å². The fourth-order valence-electron chi connectivity index (χ4n) is 3.16. The third kappa shape index (κ3) is 5.03. The van der Waals surface area contributed by atoms with Crippen molar-refractivity contribution in [3.63, 3.8) is 0 Å². The van der Waals surface area contributed by atoms with Crippen LogP contribution in [0.1, 0.15) is 10.4 Å². The molecule has 1 aliphatic rings. The number of nitrogens with zero attached hydrogens (tertiary/aromatic N) is 3. The molecule has 1 saturated heterocycles. The van der Waals surface area contributed by atoms with Crippen molar-refractivity contribution in [3.05, 3.63) is 54.1 Å². The molecule has 8 heteroatoms. The lowest BCUT2D eigenvalue weighted by atomic mass is 10.2. The zero-order valence-electron chi connectivity index (χ0n) is 16.0. The number of morpholine rings is 1. The molecule has 0 radical (unpaired) electrons. The van der Waals surface area contributed by atoms with Crippen LogP contribution in [0.3, 0.4) is 0 Å². The molecule has 150 valence electrons. The van der Waals surface area contributed by atoms with Gasteiger partial charge in [0.1, 0.15) is 5.82 Å². The van der Waals surface area contributed by atoms with E-state index in [1.165, 1.54) is 11.8 Å². The molecule has 0 saturated carbocycles. The van der Waals surface area contributed by atoms with Crippen LogP contribution in [-0.2, 0) is 4.74 Å². The molecule has 0 unspecified atom stereocenters. The van der Waals surface area contributed by atoms with Gasteiger partial charge in [-0.2, -0.15) is 0 Å². The van der Waals surface area contributed by atoms with Gasteiger partial charge in [0.25, 0.3) is 5.91 Å². The minimum atomic E-state index is -0.0685. The normalized spacial score (nSPS) is 14.8. The summed E-state index contributed by atoms with van der Waals surface area (Å²) in [5.41, 5.74) is 7.50. The first kappa shape index (κ1) is 19.6. The molecule has 1 fully saturated rings. The molecule has 1 aliphatic heterocycles. The van der Waals surface area contributed by atoms with Crippen molar-refractivity contribution in [1.82, 2.24) is 20.2 Å². The SMILES string of the molecule is Nc1nc(Sc2ccc(C(=O)NCCN3CCOCC3)cc2)nc2ccccc12. The van der Waals surface area contributed by atoms with E-state index < -0.39 is 0 Å². The number of hydrogen-bond acceptors (Lipinski definition) is 7. The van der Waals surface area contributed by atoms with Gasteiger partial charge < -0.3 is 15.8 Å². The highest BCUT2D eigenvalue weighted by molar-refractivity contribution is 7.99. The van der Waals surface area contributed by atoms with Crippen LogP contribution in [0, 0.1) is 0 Å². The van der Waals surface area contributed by atoms with Gasteiger partial charge in [0.05, 0.1) is 18.7 Å². The molecule has 2 aromatic carbocycles. The minimum absolute atomic E-state index is 0.0685. The first-order valence-electron chi connectivity index (χ1n) is 9.57. The molecule has 3 N–H and O–H groups in total. The van der Waals surface area contributed by atoms with Gasteiger partial charge in [0.15, 0.2) is 5.16 Å². The van der Waals surface area contributed by atoms with Gasteiger partial charge in [-0.1, -0.05) is 12.1 Å². The molecule has 0 bridgehead atoms. The van der Waals surface area contributed by atoms with E-state index in [9.17, 15) is 4.79 Å². The van der Waals surface area contributed by atoms with E-state index in [4.69, 9.17) is 10.5 Å². The van der Waals surface area contributed by atoms with Gasteiger partial charge in [0, 0.05) is 42.0 Å². The van der Waals surface area contributed by atoms with Crippen LogP contribution >= 0.6 is 11.8 Å². The highest BCUT2D eigenvalue weighted by Gasteiger charge is 2.11. The van der Waals surface area contributed by atoms with E-state index in [2.05, 4.69) is 20.2 Å². The smallest absolute Gasteiger partial charge is 0.251 e. The van der Waals surface area contributed by atoms with Gasteiger partial charge in [-0.25, -0.2) is 9.97 Å². The number of aromatic nitrogens is 2. The van der Waals surface area contributed by atoms with Crippen molar-refractivity contribution < 1.29 is 9.53 Å². The first-order chi connectivity index (χ1) is 14.2. The number of para-hydroxylation sites is 1. The highest BCUT2D eigenvalue weighted by atomic mass is 32.2. The maximum atomic E-state index is 12.3. The summed E-state index contributed by atoms with van der Waals surface area (Å²) >= 11 is 1.42. The zero-order valence-corrected chi connectivity index (χ0v) is 16.8. The third-order valence-electron chi connectivity index (χ3n) is 4.76. The molecule has 7 nitrogen and oxygen atoms in total. The Morgan fingerprint density at radius 1 is 1.10 bits per heavy atom. The van der Waals surface area contributed by atoms with E-state index >= 15 is 0 Å². The minimum Gasteiger partial charge on any atom is -0.383 e. The lowest BCUT2D eigenvalue weighted by Crippen LogP contribution is -2.41. The van der Waals surface area contributed by atoms with Gasteiger partial charge >= 0.3 is 0 Å². The number of nitrogen functional groups attached to an aromatic ring is 1. The van der Waals surface area contributed by atoms with Crippen LogP contribution in [0.15, 0.2) is 58.6 Å². The Hall–Kier alpha value is -2.68. The number of anilines is 1. The van der Waals surface area contributed by atoms with E-state index in [1.54, 1.807) is 0 Å². The predicted molar refractivity (Wildman–Crippen MR) is 114 cm³/mol. The molecule has 3 aromatic rings. The Labute approximate surface area is 173 Å². The number of ether oxygens (including phenoxy) is 1. The van der Waals surface area contributed by atoms with Gasteiger partial charge in [0.2, 0.25) is 0 Å². The largest absolute Gasteiger partial charge is 0.383 e. The fraction of sp³-hybridized carbons (Fsp3) is 0.286. The standard InChI is InChI=1S/C21H23N5O2S/c22-19-17-3-1-2-4-18(17)24-21(25-19)29-16-7-5-15(6-8-16)20(27)23-9-10-26-11-13-28-14-12-26/h1-8H,9-14H2,(H,23,27)(H2,22,24,25). The Kier molecular flexibility index (Phi) is 6.24. The number of fused-ring (bicyclic) bond motifs is 1. The van der Waals surface area contributed by atoms with Crippen LogP contribution in [0.4, 0.5) is 5.82 Å². The molecular weight excluding hydrogens is 386 g/mol. The number of nitrogens with one attached hydrogen (secondary N) is 1. The van der Waals surface area contributed by atoms with Crippen LogP contribution in [0.2, 0.25) is 0 Å². The second-order valence-corrected chi connectivity index (χ2v) is 7.79. The number of amides is 1. The van der Waals surface area contributed by atoms with Crippen molar-refractivity contribution in [1.29, 1.82) is 0 Å². The molecule has 1 aromatic heterocycles. The maximum Gasteiger partial charge on any atom is 0.251 e. The Balaban J connectivity index is 1.34. The van der Waals surface area contributed by atoms with Crippen molar-refractivity contribution in [2.75, 3.05) is 45.1 Å². The lowest BCUT2D eigenvalue weighted by molar-refractivity contribution is 0.0383. The summed E-state index contributed by atoms with van der Waals surface area (Å²) in [6.45, 7) is 4.83. The second kappa shape index (κ2) is 9.21. The summed E-state index contributed by atoms with van der Waals surface area (Å²) in [4.78, 5) is 24.5. The maximum absolute atomic E-state index is 12.3. The fourth-order valence-corrected chi connectivity index (χ4v) is 3.93. The van der Waals surface area contributed by atoms with Gasteiger partial charge in [-0.3, -0.25) is 9.69 Å². The predicted octanol–water partition coefficient (Wildman–Crippen LogP) is 2.43. The number of carbonyl (C=O) groups is 1. The molecule has 0 spiro atoms. The zero-order chi connectivity index (χ0) is 20.1. The number of rotatable bonds is 6. The average molecular weight is 410 g/mol. The molecule has 0 atom stereocenters. The number of carbonyl (C=O) groups excluding carboxylic acids is 1. The summed E-state index contributed by atoms with van der Waals surface area (Å²) in [6.07, 6.45) is 0. The third-order valence-corrected chi connectivity index (χ3v) is 5.63. The number of hydrogen-bond donors (Lipinski definition) is 2. The quantitative estimate of drug-likeness (QED) is 0.604. The van der Waals surface area contributed by atoms with E-state index in [1.807, 2.05) is 48.5 Å². The van der Waals surface area contributed by atoms with Gasteiger partial charge in [-0.15, -0.1) is 0 Å². The Bertz CT molecular complexity index is 990. The van der Waals surface area contributed by atoms with Crippen molar-refractivity contribution in [2.45, 2.75) is 10.1 Å². The van der Waals surface area contributed by atoms with E-state index in [0.29, 0.717) is 23.1 Å². The van der Waals surface area contributed by atoms with Crippen molar-refractivity contribution >= 4 is 34.4 Å². The molecule has 29 heavy (non-hydrogen) atoms. The van der Waals surface area contributed by atoms with Crippen molar-refractivity contribution in [3.8, 4) is 0 Å². The van der Waals surface area contributed by atoms with Crippen LogP contribution in [0.25, 0.3) is 10.9 Å². The van der Waals surface area contributed by atoms with Crippen LogP contribution in [0.5, 0.6) is 0 Å². The summed E-state index contributed by atoms with van der Waals surface area (Å²) in [5.74, 6) is 0.398. The summed E-state index contributed by atoms with van der Waals surface area (Å²) in [5, 5.41) is 4.41. The van der Waals surface area contributed by atoms with Gasteiger partial charge in [-0.05, 0) is 48.2 Å². The van der Waals surface area contributed by atoms with Crippen LogP contribution in [-0.4, -0.2) is 60.2 Å². The monoisotopic (exact) mass is 409 g/mol. The first-order valence-corrected chi connectivity index (χ1v) is 10.4. The lowest BCUT2D eigenvalue weighted by Gasteiger charge is -2.26. The molecule has 4 rings (SSSR count). The second-order valence-electron chi connectivity index (χ2n) is 6.74. The average Bonchev–Trinajstić information content (AvgIpc) is 2.75. The Morgan fingerprint density at radius 3 is 2.66 bits per heavy atom. The Morgan fingerprint density at radius 2 is 1.86 bits per heavy atom. The molecule has 2 heterocycles. The van der Waals surface area contributed by atoms with E-state index in [0.717, 1.165) is 48.6 Å². The molecule has 0 aliphatic carbocycles. The molecule has 1 amide bonds.